The lowest BCUT2D eigenvalue weighted by Gasteiger charge is -2.18. The first kappa shape index (κ1) is 45.7. The van der Waals surface area contributed by atoms with Crippen LogP contribution in [-0.2, 0) is 4.57 Å². The summed E-state index contributed by atoms with van der Waals surface area (Å²) < 4.78 is 10.6. The quantitative estimate of drug-likeness (QED) is 0.0539. The van der Waals surface area contributed by atoms with E-state index in [0.717, 1.165) is 12.8 Å². The zero-order chi connectivity index (χ0) is 32.1. The molecule has 5 heteroatoms. The predicted octanol–water partition coefficient (Wildman–Crippen LogP) is 14.4. The fourth-order valence-electron chi connectivity index (χ4n) is 5.84. The maximum Gasteiger partial charge on any atom is 0.325 e. The van der Waals surface area contributed by atoms with Gasteiger partial charge in [0.2, 0.25) is 0 Å². The molecule has 0 aromatic carbocycles. The molecule has 0 aliphatic heterocycles. The SMILES string of the molecule is CCCCCCCCCCCCCCP(=O)(O)O.CCCCCCCCP(CCCCCCCC)CCCCCCCC. The molecule has 0 aromatic rings. The average molecular weight is 649 g/mol. The molecular formula is C38H82O3P2. The van der Waals surface area contributed by atoms with E-state index in [2.05, 4.69) is 27.7 Å². The van der Waals surface area contributed by atoms with Crippen molar-refractivity contribution in [3.63, 3.8) is 0 Å². The second-order valence-corrected chi connectivity index (χ2v) is 17.9. The Morgan fingerprint density at radius 3 is 0.791 bits per heavy atom. The third-order valence-electron chi connectivity index (χ3n) is 8.79. The number of hydrogen-bond donors (Lipinski definition) is 2. The first-order chi connectivity index (χ1) is 20.9. The molecule has 0 heterocycles. The van der Waals surface area contributed by atoms with Crippen LogP contribution in [0.4, 0.5) is 0 Å². The van der Waals surface area contributed by atoms with Crippen LogP contribution in [0, 0.1) is 0 Å². The van der Waals surface area contributed by atoms with Crippen molar-refractivity contribution in [2.75, 3.05) is 24.6 Å². The van der Waals surface area contributed by atoms with Crippen LogP contribution < -0.4 is 0 Å². The molecule has 0 aromatic heterocycles. The highest BCUT2D eigenvalue weighted by Crippen LogP contribution is 2.39. The van der Waals surface area contributed by atoms with Gasteiger partial charge in [-0.3, -0.25) is 4.57 Å². The van der Waals surface area contributed by atoms with E-state index >= 15 is 0 Å². The van der Waals surface area contributed by atoms with Crippen LogP contribution >= 0.6 is 15.5 Å². The summed E-state index contributed by atoms with van der Waals surface area (Å²) in [5.74, 6) is 0. The predicted molar refractivity (Wildman–Crippen MR) is 200 cm³/mol. The summed E-state index contributed by atoms with van der Waals surface area (Å²) in [4.78, 5) is 17.4. The largest absolute Gasteiger partial charge is 0.325 e. The van der Waals surface area contributed by atoms with Crippen molar-refractivity contribution in [2.24, 2.45) is 0 Å². The van der Waals surface area contributed by atoms with Crippen LogP contribution in [0.25, 0.3) is 0 Å². The zero-order valence-corrected chi connectivity index (χ0v) is 32.0. The fourth-order valence-corrected chi connectivity index (χ4v) is 9.16. The Hall–Kier alpha value is 0.580. The molecule has 262 valence electrons. The van der Waals surface area contributed by atoms with E-state index in [-0.39, 0.29) is 6.16 Å². The molecule has 0 spiro atoms. The Bertz CT molecular complexity index is 499. The molecule has 0 saturated carbocycles. The van der Waals surface area contributed by atoms with E-state index in [1.54, 1.807) is 18.5 Å². The first-order valence-corrected chi connectivity index (χ1v) is 23.4. The molecule has 0 radical (unpaired) electrons. The van der Waals surface area contributed by atoms with Crippen molar-refractivity contribution in [1.82, 2.24) is 0 Å². The summed E-state index contributed by atoms with van der Waals surface area (Å²) in [6, 6.07) is 0. The van der Waals surface area contributed by atoms with Crippen LogP contribution in [-0.4, -0.2) is 34.4 Å². The summed E-state index contributed by atoms with van der Waals surface area (Å²) in [5.41, 5.74) is 0. The molecule has 2 N–H and O–H groups in total. The van der Waals surface area contributed by atoms with E-state index < -0.39 is 7.60 Å². The lowest BCUT2D eigenvalue weighted by molar-refractivity contribution is 0.370. The average Bonchev–Trinajstić information content (AvgIpc) is 2.98. The van der Waals surface area contributed by atoms with Gasteiger partial charge in [0, 0.05) is 6.16 Å². The standard InChI is InChI=1S/C24H51P.C14H31O3P/c1-4-7-10-13-16-19-22-25(23-20-17-14-11-8-5-2)24-21-18-15-12-9-6-3;1-2-3-4-5-6-7-8-9-10-11-12-13-14-18(15,16)17/h4-24H2,1-3H3;2-14H2,1H3,(H2,15,16,17). The third-order valence-corrected chi connectivity index (χ3v) is 12.5. The number of rotatable bonds is 34. The van der Waals surface area contributed by atoms with Crippen molar-refractivity contribution < 1.29 is 14.4 Å². The van der Waals surface area contributed by atoms with Gasteiger partial charge in [0.25, 0.3) is 0 Å². The van der Waals surface area contributed by atoms with Gasteiger partial charge >= 0.3 is 7.60 Å². The summed E-state index contributed by atoms with van der Waals surface area (Å²) in [5, 5.41) is 0. The van der Waals surface area contributed by atoms with Crippen LogP contribution in [0.15, 0.2) is 0 Å². The zero-order valence-electron chi connectivity index (χ0n) is 30.2. The van der Waals surface area contributed by atoms with Gasteiger partial charge in [0.1, 0.15) is 0 Å². The second kappa shape index (κ2) is 38.8. The van der Waals surface area contributed by atoms with Crippen molar-refractivity contribution in [3.8, 4) is 0 Å². The summed E-state index contributed by atoms with van der Waals surface area (Å²) in [7, 11) is -3.38. The van der Waals surface area contributed by atoms with Gasteiger partial charge in [-0.15, -0.1) is 7.92 Å². The summed E-state index contributed by atoms with van der Waals surface area (Å²) in [6.45, 7) is 9.20. The molecule has 0 saturated heterocycles. The van der Waals surface area contributed by atoms with Gasteiger partial charge in [0.05, 0.1) is 0 Å². The van der Waals surface area contributed by atoms with Gasteiger partial charge in [-0.1, -0.05) is 195 Å². The van der Waals surface area contributed by atoms with Crippen molar-refractivity contribution in [1.29, 1.82) is 0 Å². The van der Waals surface area contributed by atoms with Gasteiger partial charge in [-0.25, -0.2) is 0 Å². The molecule has 0 aliphatic rings. The first-order valence-electron chi connectivity index (χ1n) is 19.7. The van der Waals surface area contributed by atoms with Crippen LogP contribution in [0.5, 0.6) is 0 Å². The maximum absolute atomic E-state index is 10.6. The summed E-state index contributed by atoms with van der Waals surface area (Å²) >= 11 is 0. The molecule has 0 amide bonds. The van der Waals surface area contributed by atoms with Crippen LogP contribution in [0.2, 0.25) is 0 Å². The fraction of sp³-hybridized carbons (Fsp3) is 1.00. The Morgan fingerprint density at radius 1 is 0.349 bits per heavy atom. The highest BCUT2D eigenvalue weighted by Gasteiger charge is 2.11. The molecule has 0 atom stereocenters. The molecular weight excluding hydrogens is 566 g/mol. The molecule has 0 aliphatic carbocycles. The van der Waals surface area contributed by atoms with Crippen LogP contribution in [0.3, 0.4) is 0 Å². The Labute approximate surface area is 274 Å². The molecule has 0 rings (SSSR count). The summed E-state index contributed by atoms with van der Waals surface area (Å²) in [6.07, 6.45) is 46.1. The molecule has 0 bridgehead atoms. The van der Waals surface area contributed by atoms with E-state index in [9.17, 15) is 4.57 Å². The number of hydrogen-bond acceptors (Lipinski definition) is 1. The highest BCUT2D eigenvalue weighted by molar-refractivity contribution is 7.57. The van der Waals surface area contributed by atoms with Crippen molar-refractivity contribution in [2.45, 2.75) is 220 Å². The van der Waals surface area contributed by atoms with Gasteiger partial charge < -0.3 is 9.79 Å². The van der Waals surface area contributed by atoms with Crippen molar-refractivity contribution >= 4 is 15.5 Å². The monoisotopic (exact) mass is 649 g/mol. The maximum atomic E-state index is 10.6. The smallest absolute Gasteiger partial charge is 0.324 e. The Morgan fingerprint density at radius 2 is 0.558 bits per heavy atom. The van der Waals surface area contributed by atoms with Gasteiger partial charge in [-0.2, -0.15) is 0 Å². The lowest BCUT2D eigenvalue weighted by atomic mass is 10.1. The van der Waals surface area contributed by atoms with E-state index in [0.29, 0.717) is 14.3 Å². The second-order valence-electron chi connectivity index (χ2n) is 13.4. The minimum atomic E-state index is -3.75. The van der Waals surface area contributed by atoms with Gasteiger partial charge in [0.15, 0.2) is 0 Å². The van der Waals surface area contributed by atoms with Crippen LogP contribution in [0.1, 0.15) is 220 Å². The van der Waals surface area contributed by atoms with E-state index in [1.807, 2.05) is 0 Å². The van der Waals surface area contributed by atoms with E-state index in [4.69, 9.17) is 9.79 Å². The molecule has 3 nitrogen and oxygen atoms in total. The molecule has 43 heavy (non-hydrogen) atoms. The molecule has 0 fully saturated rings. The Kier molecular flexibility index (Phi) is 41.2. The van der Waals surface area contributed by atoms with Crippen molar-refractivity contribution in [3.05, 3.63) is 0 Å². The van der Waals surface area contributed by atoms with E-state index in [1.165, 1.54) is 173 Å². The third kappa shape index (κ3) is 44.8. The number of unbranched alkanes of at least 4 members (excludes halogenated alkanes) is 26. The topological polar surface area (TPSA) is 57.5 Å². The highest BCUT2D eigenvalue weighted by atomic mass is 31.2. The minimum absolute atomic E-state index is 0.0599. The Balaban J connectivity index is 0. The van der Waals surface area contributed by atoms with Gasteiger partial charge in [-0.05, 0) is 44.2 Å². The minimum Gasteiger partial charge on any atom is -0.324 e. The normalized spacial score (nSPS) is 11.7. The molecule has 0 unspecified atom stereocenters. The lowest BCUT2D eigenvalue weighted by Crippen LogP contribution is -1.97.